The van der Waals surface area contributed by atoms with Crippen molar-refractivity contribution in [2.75, 3.05) is 32.8 Å². The lowest BCUT2D eigenvalue weighted by Gasteiger charge is -2.37. The molecule has 5 nitrogen and oxygen atoms in total. The number of nitrogens with one attached hydrogen (secondary N) is 1. The maximum absolute atomic E-state index is 11.9. The van der Waals surface area contributed by atoms with E-state index in [1.54, 1.807) is 0 Å². The fraction of sp³-hybridized carbons (Fsp3) is 0.917. The van der Waals surface area contributed by atoms with Crippen LogP contribution in [0.5, 0.6) is 0 Å². The SMILES string of the molecule is O=C(CNC1CC1)N1CCC2(CC1)OCCO2. The topological polar surface area (TPSA) is 50.8 Å². The molecule has 96 valence electrons. The molecule has 3 aliphatic rings. The minimum atomic E-state index is -0.374. The summed E-state index contributed by atoms with van der Waals surface area (Å²) in [7, 11) is 0. The Morgan fingerprint density at radius 1 is 1.24 bits per heavy atom. The van der Waals surface area contributed by atoms with Gasteiger partial charge in [0.25, 0.3) is 0 Å². The second kappa shape index (κ2) is 4.55. The van der Waals surface area contributed by atoms with Crippen molar-refractivity contribution in [1.29, 1.82) is 0 Å². The van der Waals surface area contributed by atoms with E-state index in [0.29, 0.717) is 25.8 Å². The lowest BCUT2D eigenvalue weighted by Crippen LogP contribution is -2.49. The van der Waals surface area contributed by atoms with E-state index in [0.717, 1.165) is 25.9 Å². The first kappa shape index (κ1) is 11.4. The monoisotopic (exact) mass is 240 g/mol. The van der Waals surface area contributed by atoms with Crippen LogP contribution >= 0.6 is 0 Å². The number of rotatable bonds is 3. The maximum Gasteiger partial charge on any atom is 0.236 e. The summed E-state index contributed by atoms with van der Waals surface area (Å²) >= 11 is 0. The van der Waals surface area contributed by atoms with Gasteiger partial charge in [0.05, 0.1) is 19.8 Å². The Bertz CT molecular complexity index is 288. The van der Waals surface area contributed by atoms with Crippen LogP contribution in [0.15, 0.2) is 0 Å². The molecule has 0 aromatic carbocycles. The number of hydrogen-bond donors (Lipinski definition) is 1. The van der Waals surface area contributed by atoms with E-state index in [4.69, 9.17) is 9.47 Å². The first-order chi connectivity index (χ1) is 8.27. The van der Waals surface area contributed by atoms with Crippen LogP contribution in [0.2, 0.25) is 0 Å². The summed E-state index contributed by atoms with van der Waals surface area (Å²) in [5, 5.41) is 3.26. The first-order valence-electron chi connectivity index (χ1n) is 6.57. The molecule has 1 aliphatic carbocycles. The van der Waals surface area contributed by atoms with E-state index < -0.39 is 0 Å². The third-order valence-corrected chi connectivity index (χ3v) is 3.81. The van der Waals surface area contributed by atoms with Crippen molar-refractivity contribution in [3.05, 3.63) is 0 Å². The van der Waals surface area contributed by atoms with Crippen LogP contribution in [0.3, 0.4) is 0 Å². The number of piperidine rings is 1. The van der Waals surface area contributed by atoms with Gasteiger partial charge in [-0.15, -0.1) is 0 Å². The highest BCUT2D eigenvalue weighted by molar-refractivity contribution is 5.78. The summed E-state index contributed by atoms with van der Waals surface area (Å²) in [6.45, 7) is 3.38. The van der Waals surface area contributed by atoms with Gasteiger partial charge in [0.2, 0.25) is 5.91 Å². The summed E-state index contributed by atoms with van der Waals surface area (Å²) in [5.74, 6) is -0.162. The van der Waals surface area contributed by atoms with Crippen molar-refractivity contribution < 1.29 is 14.3 Å². The van der Waals surface area contributed by atoms with E-state index >= 15 is 0 Å². The van der Waals surface area contributed by atoms with Gasteiger partial charge in [-0.3, -0.25) is 4.79 Å². The lowest BCUT2D eigenvalue weighted by atomic mass is 10.0. The zero-order chi connectivity index (χ0) is 11.7. The Hall–Kier alpha value is -0.650. The molecule has 0 radical (unpaired) electrons. The van der Waals surface area contributed by atoms with Crippen molar-refractivity contribution >= 4 is 5.91 Å². The molecule has 3 fully saturated rings. The third-order valence-electron chi connectivity index (χ3n) is 3.81. The Kier molecular flexibility index (Phi) is 3.06. The molecule has 2 aliphatic heterocycles. The molecular formula is C12H20N2O3. The van der Waals surface area contributed by atoms with Crippen LogP contribution in [-0.4, -0.2) is 55.5 Å². The van der Waals surface area contributed by atoms with Gasteiger partial charge in [-0.1, -0.05) is 0 Å². The quantitative estimate of drug-likeness (QED) is 0.760. The lowest BCUT2D eigenvalue weighted by molar-refractivity contribution is -0.187. The van der Waals surface area contributed by atoms with Crippen LogP contribution < -0.4 is 5.32 Å². The molecule has 0 aromatic rings. The van der Waals surface area contributed by atoms with Gasteiger partial charge in [0.1, 0.15) is 0 Å². The number of carbonyl (C=O) groups is 1. The molecular weight excluding hydrogens is 220 g/mol. The number of ether oxygens (including phenoxy) is 2. The van der Waals surface area contributed by atoms with Crippen LogP contribution in [0.25, 0.3) is 0 Å². The van der Waals surface area contributed by atoms with Gasteiger partial charge >= 0.3 is 0 Å². The Morgan fingerprint density at radius 3 is 2.47 bits per heavy atom. The molecule has 0 atom stereocenters. The zero-order valence-electron chi connectivity index (χ0n) is 10.1. The van der Waals surface area contributed by atoms with Crippen molar-refractivity contribution in [1.82, 2.24) is 10.2 Å². The molecule has 0 aromatic heterocycles. The Labute approximate surface area is 101 Å². The summed E-state index contributed by atoms with van der Waals surface area (Å²) in [4.78, 5) is 13.8. The van der Waals surface area contributed by atoms with Gasteiger partial charge in [-0.2, -0.15) is 0 Å². The Balaban J connectivity index is 1.45. The zero-order valence-corrected chi connectivity index (χ0v) is 10.1. The van der Waals surface area contributed by atoms with E-state index in [2.05, 4.69) is 5.32 Å². The predicted molar refractivity (Wildman–Crippen MR) is 61.5 cm³/mol. The van der Waals surface area contributed by atoms with Crippen molar-refractivity contribution in [2.45, 2.75) is 37.5 Å². The fourth-order valence-electron chi connectivity index (χ4n) is 2.51. The highest BCUT2D eigenvalue weighted by Gasteiger charge is 2.40. The second-order valence-electron chi connectivity index (χ2n) is 5.14. The normalized spacial score (nSPS) is 27.6. The predicted octanol–water partition coefficient (Wildman–Crippen LogP) is 0.104. The van der Waals surface area contributed by atoms with Gasteiger partial charge in [-0.05, 0) is 12.8 Å². The van der Waals surface area contributed by atoms with Crippen LogP contribution in [-0.2, 0) is 14.3 Å². The Morgan fingerprint density at radius 2 is 1.88 bits per heavy atom. The number of amides is 1. The molecule has 1 saturated carbocycles. The number of likely N-dealkylation sites (tertiary alicyclic amines) is 1. The van der Waals surface area contributed by atoms with Gasteiger partial charge in [0.15, 0.2) is 5.79 Å². The van der Waals surface area contributed by atoms with Crippen molar-refractivity contribution in [2.24, 2.45) is 0 Å². The summed E-state index contributed by atoms with van der Waals surface area (Å²) in [6.07, 6.45) is 4.06. The maximum atomic E-state index is 11.9. The minimum absolute atomic E-state index is 0.213. The second-order valence-corrected chi connectivity index (χ2v) is 5.14. The van der Waals surface area contributed by atoms with Crippen LogP contribution in [0.1, 0.15) is 25.7 Å². The van der Waals surface area contributed by atoms with Gasteiger partial charge in [0, 0.05) is 32.0 Å². The number of hydrogen-bond acceptors (Lipinski definition) is 4. The summed E-state index contributed by atoms with van der Waals surface area (Å²) in [6, 6.07) is 0.594. The average Bonchev–Trinajstić information content (AvgIpc) is 3.09. The molecule has 17 heavy (non-hydrogen) atoms. The highest BCUT2D eigenvalue weighted by atomic mass is 16.7. The molecule has 1 amide bonds. The fourth-order valence-corrected chi connectivity index (χ4v) is 2.51. The molecule has 5 heteroatoms. The smallest absolute Gasteiger partial charge is 0.236 e. The van der Waals surface area contributed by atoms with Crippen molar-refractivity contribution in [3.8, 4) is 0 Å². The van der Waals surface area contributed by atoms with E-state index in [1.165, 1.54) is 12.8 Å². The van der Waals surface area contributed by atoms with E-state index in [-0.39, 0.29) is 11.7 Å². The van der Waals surface area contributed by atoms with E-state index in [1.807, 2.05) is 4.90 Å². The molecule has 2 heterocycles. The third kappa shape index (κ3) is 2.61. The largest absolute Gasteiger partial charge is 0.347 e. The van der Waals surface area contributed by atoms with Gasteiger partial charge < -0.3 is 19.7 Å². The van der Waals surface area contributed by atoms with Gasteiger partial charge in [-0.25, -0.2) is 0 Å². The summed E-state index contributed by atoms with van der Waals surface area (Å²) in [5.41, 5.74) is 0. The number of carbonyl (C=O) groups excluding carboxylic acids is 1. The molecule has 1 spiro atoms. The molecule has 0 unspecified atom stereocenters. The van der Waals surface area contributed by atoms with Crippen LogP contribution in [0, 0.1) is 0 Å². The van der Waals surface area contributed by atoms with E-state index in [9.17, 15) is 4.79 Å². The average molecular weight is 240 g/mol. The molecule has 2 saturated heterocycles. The summed E-state index contributed by atoms with van der Waals surface area (Å²) < 4.78 is 11.3. The highest BCUT2D eigenvalue weighted by Crippen LogP contribution is 2.31. The minimum Gasteiger partial charge on any atom is -0.347 e. The molecule has 1 N–H and O–H groups in total. The first-order valence-corrected chi connectivity index (χ1v) is 6.57. The molecule has 0 bridgehead atoms. The molecule has 3 rings (SSSR count). The standard InChI is InChI=1S/C12H20N2O3/c15-11(9-13-10-1-2-10)14-5-3-12(4-6-14)16-7-8-17-12/h10,13H,1-9H2. The van der Waals surface area contributed by atoms with Crippen LogP contribution in [0.4, 0.5) is 0 Å². The number of nitrogens with zero attached hydrogens (tertiary/aromatic N) is 1. The van der Waals surface area contributed by atoms with Crippen molar-refractivity contribution in [3.63, 3.8) is 0 Å².